The van der Waals surface area contributed by atoms with Gasteiger partial charge in [-0.25, -0.2) is 0 Å². The number of hydrogen-bond acceptors (Lipinski definition) is 3. The quantitative estimate of drug-likeness (QED) is 0.731. The second kappa shape index (κ2) is 4.97. The summed E-state index contributed by atoms with van der Waals surface area (Å²) in [5, 5.41) is 9.11. The summed E-state index contributed by atoms with van der Waals surface area (Å²) in [6.45, 7) is 0.887. The van der Waals surface area contributed by atoms with E-state index < -0.39 is 5.97 Å². The highest BCUT2D eigenvalue weighted by Crippen LogP contribution is 2.24. The van der Waals surface area contributed by atoms with Gasteiger partial charge in [0.05, 0.1) is 19.1 Å². The van der Waals surface area contributed by atoms with E-state index in [1.54, 1.807) is 0 Å². The van der Waals surface area contributed by atoms with Crippen molar-refractivity contribution in [3.63, 3.8) is 0 Å². The zero-order valence-electron chi connectivity index (χ0n) is 9.63. The maximum absolute atomic E-state index is 11.1. The first-order valence-electron chi connectivity index (χ1n) is 5.89. The summed E-state index contributed by atoms with van der Waals surface area (Å²) in [6.07, 6.45) is 7.84. The van der Waals surface area contributed by atoms with Crippen molar-refractivity contribution in [1.29, 1.82) is 0 Å². The molecule has 1 saturated heterocycles. The maximum atomic E-state index is 11.1. The zero-order chi connectivity index (χ0) is 11.5. The van der Waals surface area contributed by atoms with E-state index in [9.17, 15) is 4.79 Å². The predicted molar refractivity (Wildman–Crippen MR) is 60.3 cm³/mol. The Kier molecular flexibility index (Phi) is 3.61. The molecule has 3 unspecified atom stereocenters. The van der Waals surface area contributed by atoms with E-state index in [2.05, 4.69) is 17.1 Å². The molecule has 0 saturated carbocycles. The van der Waals surface area contributed by atoms with E-state index in [0.717, 1.165) is 12.8 Å². The second-order valence-electron chi connectivity index (χ2n) is 4.64. The first-order valence-corrected chi connectivity index (χ1v) is 5.89. The number of carboxylic acid groups (broad SMARTS) is 1. The standard InChI is InChI=1S/C12H19NO3/c1-13(9-5-3-2-4-6-9)11-8-16-7-10(11)12(14)15/h3,5,9-11H,2,4,6-8H2,1H3,(H,14,15). The minimum Gasteiger partial charge on any atom is -0.481 e. The van der Waals surface area contributed by atoms with Crippen molar-refractivity contribution >= 4 is 5.97 Å². The molecule has 2 rings (SSSR count). The molecule has 1 aliphatic heterocycles. The Hall–Kier alpha value is -0.870. The summed E-state index contributed by atoms with van der Waals surface area (Å²) in [4.78, 5) is 13.2. The Morgan fingerprint density at radius 1 is 1.50 bits per heavy atom. The van der Waals surface area contributed by atoms with Gasteiger partial charge < -0.3 is 9.84 Å². The molecule has 0 aromatic heterocycles. The number of hydrogen-bond donors (Lipinski definition) is 1. The molecule has 0 spiro atoms. The lowest BCUT2D eigenvalue weighted by Gasteiger charge is -2.33. The van der Waals surface area contributed by atoms with Gasteiger partial charge in [0.1, 0.15) is 0 Å². The lowest BCUT2D eigenvalue weighted by molar-refractivity contribution is -0.143. The fraction of sp³-hybridized carbons (Fsp3) is 0.750. The van der Waals surface area contributed by atoms with E-state index in [4.69, 9.17) is 9.84 Å². The summed E-state index contributed by atoms with van der Waals surface area (Å²) in [6, 6.07) is 0.396. The lowest BCUT2D eigenvalue weighted by atomic mass is 9.96. The minimum atomic E-state index is -0.742. The van der Waals surface area contributed by atoms with Crippen LogP contribution >= 0.6 is 0 Å². The molecule has 90 valence electrons. The van der Waals surface area contributed by atoms with Crippen LogP contribution in [0.5, 0.6) is 0 Å². The molecular formula is C12H19NO3. The van der Waals surface area contributed by atoms with Crippen LogP contribution in [0.1, 0.15) is 19.3 Å². The van der Waals surface area contributed by atoms with E-state index in [-0.39, 0.29) is 12.0 Å². The van der Waals surface area contributed by atoms with Gasteiger partial charge >= 0.3 is 5.97 Å². The van der Waals surface area contributed by atoms with Crippen LogP contribution in [-0.4, -0.2) is 48.3 Å². The van der Waals surface area contributed by atoms with Crippen molar-refractivity contribution in [3.05, 3.63) is 12.2 Å². The molecule has 0 aromatic carbocycles. The number of carboxylic acids is 1. The van der Waals surface area contributed by atoms with Crippen molar-refractivity contribution in [2.45, 2.75) is 31.3 Å². The van der Waals surface area contributed by atoms with E-state index >= 15 is 0 Å². The van der Waals surface area contributed by atoms with Crippen molar-refractivity contribution in [2.75, 3.05) is 20.3 Å². The van der Waals surface area contributed by atoms with Crippen LogP contribution in [0.4, 0.5) is 0 Å². The summed E-state index contributed by atoms with van der Waals surface area (Å²) < 4.78 is 5.30. The van der Waals surface area contributed by atoms with Gasteiger partial charge in [-0.15, -0.1) is 0 Å². The number of ether oxygens (including phenoxy) is 1. The van der Waals surface area contributed by atoms with Gasteiger partial charge in [0.25, 0.3) is 0 Å². The number of aliphatic carboxylic acids is 1. The lowest BCUT2D eigenvalue weighted by Crippen LogP contribution is -2.46. The molecule has 4 heteroatoms. The van der Waals surface area contributed by atoms with Gasteiger partial charge in [0.15, 0.2) is 0 Å². The van der Waals surface area contributed by atoms with Crippen LogP contribution in [0, 0.1) is 5.92 Å². The van der Waals surface area contributed by atoms with Gasteiger partial charge in [-0.05, 0) is 26.3 Å². The molecule has 0 amide bonds. The first-order chi connectivity index (χ1) is 7.70. The zero-order valence-corrected chi connectivity index (χ0v) is 9.63. The maximum Gasteiger partial charge on any atom is 0.310 e. The second-order valence-corrected chi connectivity index (χ2v) is 4.64. The molecule has 1 fully saturated rings. The molecule has 2 aliphatic rings. The van der Waals surface area contributed by atoms with Crippen LogP contribution in [0.3, 0.4) is 0 Å². The number of likely N-dealkylation sites (N-methyl/N-ethyl adjacent to an activating group) is 1. The van der Waals surface area contributed by atoms with Gasteiger partial charge in [0, 0.05) is 12.1 Å². The molecule has 4 nitrogen and oxygen atoms in total. The Morgan fingerprint density at radius 3 is 2.94 bits per heavy atom. The monoisotopic (exact) mass is 225 g/mol. The van der Waals surface area contributed by atoms with Crippen LogP contribution < -0.4 is 0 Å². The number of rotatable bonds is 3. The fourth-order valence-electron chi connectivity index (χ4n) is 2.56. The molecule has 1 aliphatic carbocycles. The molecule has 16 heavy (non-hydrogen) atoms. The molecule has 0 bridgehead atoms. The largest absolute Gasteiger partial charge is 0.481 e. The smallest absolute Gasteiger partial charge is 0.310 e. The Morgan fingerprint density at radius 2 is 2.31 bits per heavy atom. The van der Waals surface area contributed by atoms with Gasteiger partial charge in [-0.1, -0.05) is 12.2 Å². The van der Waals surface area contributed by atoms with Crippen LogP contribution in [0.2, 0.25) is 0 Å². The Labute approximate surface area is 95.9 Å². The summed E-state index contributed by atoms with van der Waals surface area (Å²) in [5.41, 5.74) is 0. The normalized spacial score (nSPS) is 34.5. The van der Waals surface area contributed by atoms with Crippen LogP contribution in [-0.2, 0) is 9.53 Å². The van der Waals surface area contributed by atoms with Crippen molar-refractivity contribution in [2.24, 2.45) is 5.92 Å². The molecule has 0 radical (unpaired) electrons. The highest BCUT2D eigenvalue weighted by Gasteiger charge is 2.38. The molecule has 0 aromatic rings. The average molecular weight is 225 g/mol. The molecule has 1 heterocycles. The van der Waals surface area contributed by atoms with Crippen molar-refractivity contribution in [3.8, 4) is 0 Å². The van der Waals surface area contributed by atoms with Gasteiger partial charge in [0.2, 0.25) is 0 Å². The molecular weight excluding hydrogens is 206 g/mol. The van der Waals surface area contributed by atoms with E-state index in [1.165, 1.54) is 6.42 Å². The van der Waals surface area contributed by atoms with Crippen LogP contribution in [0.15, 0.2) is 12.2 Å². The SMILES string of the molecule is CN(C1C=CCCC1)C1COCC1C(=O)O. The first kappa shape index (κ1) is 11.6. The Bertz CT molecular complexity index is 290. The van der Waals surface area contributed by atoms with E-state index in [0.29, 0.717) is 19.3 Å². The highest BCUT2D eigenvalue weighted by molar-refractivity contribution is 5.71. The Balaban J connectivity index is 2.02. The topological polar surface area (TPSA) is 49.8 Å². The predicted octanol–water partition coefficient (Wildman–Crippen LogP) is 1.13. The van der Waals surface area contributed by atoms with Crippen molar-refractivity contribution < 1.29 is 14.6 Å². The number of carbonyl (C=O) groups is 1. The summed E-state index contributed by atoms with van der Waals surface area (Å²) in [5.74, 6) is -1.12. The number of allylic oxidation sites excluding steroid dienone is 1. The molecule has 3 atom stereocenters. The third kappa shape index (κ3) is 2.28. The molecule has 1 N–H and O–H groups in total. The van der Waals surface area contributed by atoms with Crippen molar-refractivity contribution in [1.82, 2.24) is 4.90 Å². The minimum absolute atomic E-state index is 0.0187. The van der Waals surface area contributed by atoms with Gasteiger partial charge in [-0.3, -0.25) is 9.69 Å². The van der Waals surface area contributed by atoms with Gasteiger partial charge in [-0.2, -0.15) is 0 Å². The highest BCUT2D eigenvalue weighted by atomic mass is 16.5. The summed E-state index contributed by atoms with van der Waals surface area (Å²) in [7, 11) is 2.01. The fourth-order valence-corrected chi connectivity index (χ4v) is 2.56. The summed E-state index contributed by atoms with van der Waals surface area (Å²) >= 11 is 0. The third-order valence-electron chi connectivity index (χ3n) is 3.64. The third-order valence-corrected chi connectivity index (χ3v) is 3.64. The van der Waals surface area contributed by atoms with E-state index in [1.807, 2.05) is 7.05 Å². The average Bonchev–Trinajstić information content (AvgIpc) is 2.78. The van der Waals surface area contributed by atoms with Crippen LogP contribution in [0.25, 0.3) is 0 Å². The number of nitrogens with zero attached hydrogens (tertiary/aromatic N) is 1.